The molecule has 0 unspecified atom stereocenters. The summed E-state index contributed by atoms with van der Waals surface area (Å²) in [4.78, 5) is 0. The SMILES string of the molecule is COC(C[C@H](O)C[C@H](O)[C@H](C)OCc1ccccc1)OC. The van der Waals surface area contributed by atoms with E-state index in [1.54, 1.807) is 6.92 Å². The summed E-state index contributed by atoms with van der Waals surface area (Å²) in [6, 6.07) is 9.77. The molecule has 3 atom stereocenters. The minimum absolute atomic E-state index is 0.221. The highest BCUT2D eigenvalue weighted by Crippen LogP contribution is 2.13. The Balaban J connectivity index is 2.31. The zero-order valence-electron chi connectivity index (χ0n) is 12.9. The molecule has 5 heteroatoms. The maximum absolute atomic E-state index is 10.1. The molecule has 0 spiro atoms. The van der Waals surface area contributed by atoms with Gasteiger partial charge >= 0.3 is 0 Å². The van der Waals surface area contributed by atoms with Crippen LogP contribution in [0.25, 0.3) is 0 Å². The number of ether oxygens (including phenoxy) is 3. The first-order valence-electron chi connectivity index (χ1n) is 7.14. The van der Waals surface area contributed by atoms with Crippen LogP contribution in [0.4, 0.5) is 0 Å². The second kappa shape index (κ2) is 9.87. The highest BCUT2D eigenvalue weighted by molar-refractivity contribution is 5.13. The van der Waals surface area contributed by atoms with Crippen LogP contribution in [0.3, 0.4) is 0 Å². The zero-order chi connectivity index (χ0) is 15.7. The number of rotatable bonds is 10. The Bertz CT molecular complexity index is 366. The lowest BCUT2D eigenvalue weighted by Crippen LogP contribution is -2.32. The van der Waals surface area contributed by atoms with Crippen molar-refractivity contribution in [3.63, 3.8) is 0 Å². The van der Waals surface area contributed by atoms with Gasteiger partial charge in [-0.1, -0.05) is 30.3 Å². The smallest absolute Gasteiger partial charge is 0.159 e. The quantitative estimate of drug-likeness (QED) is 0.644. The first-order valence-corrected chi connectivity index (χ1v) is 7.14. The van der Waals surface area contributed by atoms with E-state index in [9.17, 15) is 10.2 Å². The Morgan fingerprint density at radius 1 is 1.00 bits per heavy atom. The van der Waals surface area contributed by atoms with Crippen molar-refractivity contribution in [3.8, 4) is 0 Å². The Hall–Kier alpha value is -0.980. The molecule has 0 saturated heterocycles. The van der Waals surface area contributed by atoms with Gasteiger partial charge in [0.1, 0.15) is 0 Å². The maximum atomic E-state index is 10.1. The Kier molecular flexibility index (Phi) is 8.49. The molecule has 0 aromatic heterocycles. The van der Waals surface area contributed by atoms with Crippen molar-refractivity contribution in [1.29, 1.82) is 0 Å². The molecule has 0 saturated carbocycles. The van der Waals surface area contributed by atoms with Crippen LogP contribution < -0.4 is 0 Å². The monoisotopic (exact) mass is 298 g/mol. The van der Waals surface area contributed by atoms with E-state index in [2.05, 4.69) is 0 Å². The fourth-order valence-corrected chi connectivity index (χ4v) is 1.99. The highest BCUT2D eigenvalue weighted by Gasteiger charge is 2.21. The first-order chi connectivity index (χ1) is 10.1. The van der Waals surface area contributed by atoms with Crippen LogP contribution in [-0.4, -0.2) is 49.0 Å². The van der Waals surface area contributed by atoms with Crippen LogP contribution >= 0.6 is 0 Å². The fraction of sp³-hybridized carbons (Fsp3) is 0.625. The zero-order valence-corrected chi connectivity index (χ0v) is 12.9. The van der Waals surface area contributed by atoms with E-state index in [-0.39, 0.29) is 12.5 Å². The van der Waals surface area contributed by atoms with Gasteiger partial charge in [0.2, 0.25) is 0 Å². The van der Waals surface area contributed by atoms with Crippen LogP contribution in [0.2, 0.25) is 0 Å². The molecule has 5 nitrogen and oxygen atoms in total. The van der Waals surface area contributed by atoms with E-state index < -0.39 is 18.5 Å². The van der Waals surface area contributed by atoms with Crippen molar-refractivity contribution in [3.05, 3.63) is 35.9 Å². The summed E-state index contributed by atoms with van der Waals surface area (Å²) in [5, 5.41) is 20.0. The summed E-state index contributed by atoms with van der Waals surface area (Å²) in [5.41, 5.74) is 1.05. The van der Waals surface area contributed by atoms with Crippen molar-refractivity contribution in [2.75, 3.05) is 14.2 Å². The molecular weight excluding hydrogens is 272 g/mol. The van der Waals surface area contributed by atoms with Crippen molar-refractivity contribution >= 4 is 0 Å². The Morgan fingerprint density at radius 3 is 2.19 bits per heavy atom. The lowest BCUT2D eigenvalue weighted by atomic mass is 10.0. The van der Waals surface area contributed by atoms with Crippen molar-refractivity contribution in [2.45, 2.75) is 51.0 Å². The van der Waals surface area contributed by atoms with E-state index in [0.29, 0.717) is 13.0 Å². The minimum atomic E-state index is -0.738. The van der Waals surface area contributed by atoms with Gasteiger partial charge in [-0.05, 0) is 12.5 Å². The molecule has 21 heavy (non-hydrogen) atoms. The molecule has 1 aromatic carbocycles. The molecule has 2 N–H and O–H groups in total. The molecule has 0 bridgehead atoms. The largest absolute Gasteiger partial charge is 0.393 e. The number of methoxy groups -OCH3 is 2. The number of benzene rings is 1. The van der Waals surface area contributed by atoms with Crippen LogP contribution in [0, 0.1) is 0 Å². The topological polar surface area (TPSA) is 68.2 Å². The summed E-state index contributed by atoms with van der Waals surface area (Å²) < 4.78 is 15.7. The van der Waals surface area contributed by atoms with E-state index in [1.807, 2.05) is 30.3 Å². The lowest BCUT2D eigenvalue weighted by Gasteiger charge is -2.23. The van der Waals surface area contributed by atoms with E-state index in [0.717, 1.165) is 5.56 Å². The average molecular weight is 298 g/mol. The number of aliphatic hydroxyl groups is 2. The Morgan fingerprint density at radius 2 is 1.62 bits per heavy atom. The molecule has 0 aliphatic rings. The van der Waals surface area contributed by atoms with E-state index in [4.69, 9.17) is 14.2 Å². The number of hydrogen-bond donors (Lipinski definition) is 2. The molecule has 1 aromatic rings. The number of aliphatic hydroxyl groups excluding tert-OH is 2. The van der Waals surface area contributed by atoms with Gasteiger partial charge in [-0.2, -0.15) is 0 Å². The predicted octanol–water partition coefficient (Wildman–Crippen LogP) is 1.71. The lowest BCUT2D eigenvalue weighted by molar-refractivity contribution is -0.129. The van der Waals surface area contributed by atoms with E-state index in [1.165, 1.54) is 14.2 Å². The van der Waals surface area contributed by atoms with Gasteiger partial charge in [-0.15, -0.1) is 0 Å². The summed E-state index contributed by atoms with van der Waals surface area (Å²) in [5.74, 6) is 0. The third-order valence-corrected chi connectivity index (χ3v) is 3.40. The molecule has 0 aliphatic carbocycles. The van der Waals surface area contributed by atoms with Crippen LogP contribution in [0.5, 0.6) is 0 Å². The summed E-state index contributed by atoms with van der Waals surface area (Å²) in [6.07, 6.45) is -1.73. The fourth-order valence-electron chi connectivity index (χ4n) is 1.99. The van der Waals surface area contributed by atoms with Gasteiger partial charge in [-0.25, -0.2) is 0 Å². The van der Waals surface area contributed by atoms with E-state index >= 15 is 0 Å². The average Bonchev–Trinajstić information content (AvgIpc) is 2.51. The second-order valence-electron chi connectivity index (χ2n) is 5.10. The molecule has 0 fully saturated rings. The molecule has 0 aliphatic heterocycles. The van der Waals surface area contributed by atoms with Gasteiger partial charge in [0.15, 0.2) is 6.29 Å². The first kappa shape index (κ1) is 18.1. The molecule has 1 rings (SSSR count). The van der Waals surface area contributed by atoms with Gasteiger partial charge in [0.25, 0.3) is 0 Å². The maximum Gasteiger partial charge on any atom is 0.159 e. The minimum Gasteiger partial charge on any atom is -0.393 e. The summed E-state index contributed by atoms with van der Waals surface area (Å²) >= 11 is 0. The molecule has 0 amide bonds. The van der Waals surface area contributed by atoms with Crippen molar-refractivity contribution in [2.24, 2.45) is 0 Å². The van der Waals surface area contributed by atoms with Gasteiger partial charge < -0.3 is 24.4 Å². The van der Waals surface area contributed by atoms with Crippen LogP contribution in [-0.2, 0) is 20.8 Å². The van der Waals surface area contributed by atoms with Crippen LogP contribution in [0.15, 0.2) is 30.3 Å². The third-order valence-electron chi connectivity index (χ3n) is 3.40. The van der Waals surface area contributed by atoms with Crippen molar-refractivity contribution in [1.82, 2.24) is 0 Å². The Labute approximate surface area is 126 Å². The molecular formula is C16H26O5. The second-order valence-corrected chi connectivity index (χ2v) is 5.10. The van der Waals surface area contributed by atoms with Gasteiger partial charge in [-0.3, -0.25) is 0 Å². The summed E-state index contributed by atoms with van der Waals surface area (Å²) in [7, 11) is 3.03. The molecule has 0 radical (unpaired) electrons. The molecule has 120 valence electrons. The standard InChI is InChI=1S/C16H26O5/c1-12(21-11-13-7-5-4-6-8-13)15(18)9-14(17)10-16(19-2)20-3/h4-8,12,14-18H,9-11H2,1-3H3/t12-,14+,15-/m0/s1. The highest BCUT2D eigenvalue weighted by atomic mass is 16.7. The summed E-state index contributed by atoms with van der Waals surface area (Å²) in [6.45, 7) is 2.23. The molecule has 0 heterocycles. The number of hydrogen-bond acceptors (Lipinski definition) is 5. The normalized spacial score (nSPS) is 15.9. The van der Waals surface area contributed by atoms with Crippen molar-refractivity contribution < 1.29 is 24.4 Å². The van der Waals surface area contributed by atoms with Gasteiger partial charge in [0, 0.05) is 27.1 Å². The predicted molar refractivity (Wildman–Crippen MR) is 79.7 cm³/mol. The van der Waals surface area contributed by atoms with Crippen LogP contribution in [0.1, 0.15) is 25.3 Å². The van der Waals surface area contributed by atoms with Gasteiger partial charge in [0.05, 0.1) is 24.9 Å². The third kappa shape index (κ3) is 7.02.